The van der Waals surface area contributed by atoms with Gasteiger partial charge in [0.15, 0.2) is 0 Å². The minimum atomic E-state index is -0.469. The molecule has 2 N–H and O–H groups in total. The number of rotatable bonds is 6. The average Bonchev–Trinajstić information content (AvgIpc) is 2.25. The second-order valence-electron chi connectivity index (χ2n) is 4.36. The fraction of sp³-hybridized carbons (Fsp3) is 0.818. The molecule has 0 aliphatic carbocycles. The highest BCUT2D eigenvalue weighted by Crippen LogP contribution is 2.06. The minimum Gasteiger partial charge on any atom is -0.357 e. The molecule has 0 bridgehead atoms. The van der Waals surface area contributed by atoms with Crippen LogP contribution in [0.4, 0.5) is 0 Å². The highest BCUT2D eigenvalue weighted by Gasteiger charge is 2.22. The number of likely N-dealkylation sites (N-methyl/N-ethyl adjacent to an activating group) is 1. The molecule has 0 aliphatic rings. The topological polar surface area (TPSA) is 58.2 Å². The second-order valence-corrected chi connectivity index (χ2v) is 4.67. The molecule has 0 saturated carbocycles. The Bertz CT molecular complexity index is 244. The highest BCUT2D eigenvalue weighted by atomic mass is 35.5. The minimum absolute atomic E-state index is 0.163. The summed E-state index contributed by atoms with van der Waals surface area (Å²) in [4.78, 5) is 23.1. The van der Waals surface area contributed by atoms with E-state index in [1.165, 1.54) is 0 Å². The van der Waals surface area contributed by atoms with Gasteiger partial charge in [0, 0.05) is 18.8 Å². The number of carbonyl (C=O) groups is 2. The molecule has 0 fully saturated rings. The van der Waals surface area contributed by atoms with E-state index in [4.69, 9.17) is 11.6 Å². The average molecular weight is 249 g/mol. The number of halogens is 1. The van der Waals surface area contributed by atoms with Gasteiger partial charge in [-0.15, -0.1) is 11.6 Å². The molecule has 0 rings (SSSR count). The fourth-order valence-corrected chi connectivity index (χ4v) is 1.40. The smallest absolute Gasteiger partial charge is 0.242 e. The maximum atomic E-state index is 11.6. The van der Waals surface area contributed by atoms with Gasteiger partial charge in [-0.3, -0.25) is 9.59 Å². The first-order valence-corrected chi connectivity index (χ1v) is 6.03. The lowest BCUT2D eigenvalue weighted by molar-refractivity contribution is -0.130. The molecule has 0 aliphatic heterocycles. The van der Waals surface area contributed by atoms with Crippen molar-refractivity contribution in [2.45, 2.75) is 33.2 Å². The van der Waals surface area contributed by atoms with E-state index in [1.54, 1.807) is 14.0 Å². The first-order valence-electron chi connectivity index (χ1n) is 5.50. The van der Waals surface area contributed by atoms with Crippen LogP contribution in [0.15, 0.2) is 0 Å². The van der Waals surface area contributed by atoms with Crippen molar-refractivity contribution in [3.8, 4) is 0 Å². The Labute approximate surface area is 102 Å². The summed E-state index contributed by atoms with van der Waals surface area (Å²) < 4.78 is 0. The van der Waals surface area contributed by atoms with Crippen LogP contribution in [0.2, 0.25) is 0 Å². The Balaban J connectivity index is 4.42. The second kappa shape index (κ2) is 7.49. The summed E-state index contributed by atoms with van der Waals surface area (Å²) in [6.07, 6.45) is 0.625. The number of hydrogen-bond acceptors (Lipinski definition) is 2. The number of alkyl halides is 1. The van der Waals surface area contributed by atoms with E-state index in [1.807, 2.05) is 13.8 Å². The Kier molecular flexibility index (Phi) is 7.13. The monoisotopic (exact) mass is 248 g/mol. The van der Waals surface area contributed by atoms with Crippen molar-refractivity contribution in [3.63, 3.8) is 0 Å². The predicted octanol–water partition coefficient (Wildman–Crippen LogP) is 1.14. The molecule has 0 heterocycles. The number of carbonyl (C=O) groups excluding carboxylic acids is 2. The van der Waals surface area contributed by atoms with Crippen LogP contribution in [0.3, 0.4) is 0 Å². The van der Waals surface area contributed by atoms with Gasteiger partial charge in [-0.1, -0.05) is 20.8 Å². The zero-order valence-corrected chi connectivity index (χ0v) is 11.1. The highest BCUT2D eigenvalue weighted by molar-refractivity contribution is 6.19. The summed E-state index contributed by atoms with van der Waals surface area (Å²) in [5.74, 6) is -0.0171. The number of amides is 2. The summed E-state index contributed by atoms with van der Waals surface area (Å²) in [5.41, 5.74) is 0. The van der Waals surface area contributed by atoms with Gasteiger partial charge in [0.1, 0.15) is 6.04 Å². The van der Waals surface area contributed by atoms with E-state index >= 15 is 0 Å². The van der Waals surface area contributed by atoms with Gasteiger partial charge < -0.3 is 10.6 Å². The first kappa shape index (κ1) is 15.2. The summed E-state index contributed by atoms with van der Waals surface area (Å²) in [6.45, 7) is 5.75. The van der Waals surface area contributed by atoms with Crippen molar-refractivity contribution in [3.05, 3.63) is 0 Å². The zero-order valence-electron chi connectivity index (χ0n) is 10.3. The maximum Gasteiger partial charge on any atom is 0.242 e. The van der Waals surface area contributed by atoms with Crippen molar-refractivity contribution >= 4 is 23.4 Å². The Morgan fingerprint density at radius 3 is 2.12 bits per heavy atom. The van der Waals surface area contributed by atoms with Crippen LogP contribution in [0, 0.1) is 11.8 Å². The lowest BCUT2D eigenvalue weighted by Gasteiger charge is -2.20. The van der Waals surface area contributed by atoms with Gasteiger partial charge >= 0.3 is 0 Å². The Morgan fingerprint density at radius 1 is 1.19 bits per heavy atom. The summed E-state index contributed by atoms with van der Waals surface area (Å²) >= 11 is 5.59. The van der Waals surface area contributed by atoms with Gasteiger partial charge in [0.25, 0.3) is 0 Å². The molecular weight excluding hydrogens is 228 g/mol. The third-order valence-corrected chi connectivity index (χ3v) is 2.73. The van der Waals surface area contributed by atoms with Crippen LogP contribution in [0.25, 0.3) is 0 Å². The Morgan fingerprint density at radius 2 is 1.75 bits per heavy atom. The van der Waals surface area contributed by atoms with Gasteiger partial charge in [-0.25, -0.2) is 0 Å². The van der Waals surface area contributed by atoms with Gasteiger partial charge in [0.05, 0.1) is 0 Å². The zero-order chi connectivity index (χ0) is 12.7. The molecule has 0 aromatic rings. The summed E-state index contributed by atoms with van der Waals surface area (Å²) in [7, 11) is 1.56. The molecule has 5 heteroatoms. The van der Waals surface area contributed by atoms with Crippen LogP contribution in [-0.2, 0) is 9.59 Å². The third-order valence-electron chi connectivity index (χ3n) is 2.27. The van der Waals surface area contributed by atoms with Crippen molar-refractivity contribution in [2.75, 3.05) is 12.9 Å². The number of nitrogens with one attached hydrogen (secondary N) is 2. The Hall–Kier alpha value is -0.770. The normalized spacial score (nSPS) is 14.4. The quantitative estimate of drug-likeness (QED) is 0.693. The lowest BCUT2D eigenvalue weighted by Crippen LogP contribution is -2.48. The van der Waals surface area contributed by atoms with E-state index < -0.39 is 6.04 Å². The van der Waals surface area contributed by atoms with Crippen molar-refractivity contribution in [1.82, 2.24) is 10.6 Å². The first-order chi connectivity index (χ1) is 7.42. The molecular formula is C11H21ClN2O2. The predicted molar refractivity (Wildman–Crippen MR) is 65.3 cm³/mol. The van der Waals surface area contributed by atoms with Gasteiger partial charge in [-0.2, -0.15) is 0 Å². The molecule has 94 valence electrons. The summed E-state index contributed by atoms with van der Waals surface area (Å²) in [5, 5.41) is 5.26. The van der Waals surface area contributed by atoms with Crippen LogP contribution < -0.4 is 10.6 Å². The van der Waals surface area contributed by atoms with E-state index in [0.717, 1.165) is 0 Å². The lowest BCUT2D eigenvalue weighted by atomic mass is 10.0. The SMILES string of the molecule is CNC(=O)C(CC(C)C)NC(=O)C(C)CCl. The summed E-state index contributed by atoms with van der Waals surface area (Å²) in [6, 6.07) is -0.469. The molecule has 0 saturated heterocycles. The van der Waals surface area contributed by atoms with E-state index in [-0.39, 0.29) is 23.6 Å². The standard InChI is InChI=1S/C11H21ClN2O2/c1-7(2)5-9(11(16)13-4)14-10(15)8(3)6-12/h7-9H,5-6H2,1-4H3,(H,13,16)(H,14,15). The molecule has 0 aromatic carbocycles. The fourth-order valence-electron chi connectivity index (χ4n) is 1.26. The third kappa shape index (κ3) is 5.35. The van der Waals surface area contributed by atoms with Crippen LogP contribution in [0.1, 0.15) is 27.2 Å². The molecule has 0 radical (unpaired) electrons. The van der Waals surface area contributed by atoms with Crippen LogP contribution in [0.5, 0.6) is 0 Å². The molecule has 16 heavy (non-hydrogen) atoms. The van der Waals surface area contributed by atoms with Gasteiger partial charge in [-0.05, 0) is 12.3 Å². The van der Waals surface area contributed by atoms with E-state index in [0.29, 0.717) is 12.3 Å². The van der Waals surface area contributed by atoms with Gasteiger partial charge in [0.2, 0.25) is 11.8 Å². The van der Waals surface area contributed by atoms with Crippen LogP contribution >= 0.6 is 11.6 Å². The maximum absolute atomic E-state index is 11.6. The molecule has 0 spiro atoms. The van der Waals surface area contributed by atoms with E-state index in [9.17, 15) is 9.59 Å². The molecule has 0 aromatic heterocycles. The largest absolute Gasteiger partial charge is 0.357 e. The van der Waals surface area contributed by atoms with Crippen molar-refractivity contribution < 1.29 is 9.59 Å². The number of hydrogen-bond donors (Lipinski definition) is 2. The molecule has 4 nitrogen and oxygen atoms in total. The molecule has 2 atom stereocenters. The molecule has 2 amide bonds. The van der Waals surface area contributed by atoms with Crippen LogP contribution in [-0.4, -0.2) is 30.8 Å². The van der Waals surface area contributed by atoms with E-state index in [2.05, 4.69) is 10.6 Å². The van der Waals surface area contributed by atoms with Crippen molar-refractivity contribution in [2.24, 2.45) is 11.8 Å². The molecule has 2 unspecified atom stereocenters. The van der Waals surface area contributed by atoms with Crippen molar-refractivity contribution in [1.29, 1.82) is 0 Å².